The van der Waals surface area contributed by atoms with E-state index in [2.05, 4.69) is 16.6 Å². The lowest BCUT2D eigenvalue weighted by Gasteiger charge is -2.48. The molecule has 0 radical (unpaired) electrons. The average Bonchev–Trinajstić information content (AvgIpc) is 3.05. The summed E-state index contributed by atoms with van der Waals surface area (Å²) in [6.45, 7) is 4.03. The number of likely N-dealkylation sites (tertiary alicyclic amines) is 1. The standard InChI is InChI=1S/C22H30F2N2O4.ClH/c1-3-28-16-6-10-22(2,11-7-16)25-12-8-15(9-13-25)26-18-14-17(29-20(23)24)4-5-19(18)30-21(26)27;/h4-5,14-16,20H,3,6-13H2,1-2H3;1H. The first-order chi connectivity index (χ1) is 14.4. The van der Waals surface area contributed by atoms with Gasteiger partial charge in [0.1, 0.15) is 5.75 Å². The molecule has 1 aromatic carbocycles. The van der Waals surface area contributed by atoms with Gasteiger partial charge in [0.2, 0.25) is 0 Å². The lowest BCUT2D eigenvalue weighted by Crippen LogP contribution is -2.52. The fraction of sp³-hybridized carbons (Fsp3) is 0.682. The Bertz CT molecular complexity index is 916. The summed E-state index contributed by atoms with van der Waals surface area (Å²) >= 11 is 0. The maximum Gasteiger partial charge on any atom is 0.420 e. The minimum atomic E-state index is -2.91. The fourth-order valence-electron chi connectivity index (χ4n) is 5.13. The zero-order valence-corrected chi connectivity index (χ0v) is 18.8. The van der Waals surface area contributed by atoms with Crippen LogP contribution in [0.5, 0.6) is 5.75 Å². The lowest BCUT2D eigenvalue weighted by atomic mass is 9.79. The summed E-state index contributed by atoms with van der Waals surface area (Å²) < 4.78 is 42.4. The number of nitrogens with zero attached hydrogens (tertiary/aromatic N) is 2. The molecule has 0 unspecified atom stereocenters. The van der Waals surface area contributed by atoms with E-state index in [0.717, 1.165) is 58.2 Å². The van der Waals surface area contributed by atoms with Gasteiger partial charge in [0.15, 0.2) is 5.58 Å². The molecule has 6 nitrogen and oxygen atoms in total. The molecule has 0 bridgehead atoms. The number of oxazole rings is 1. The third kappa shape index (κ3) is 5.07. The van der Waals surface area contributed by atoms with Crippen LogP contribution in [0.15, 0.2) is 27.4 Å². The fourth-order valence-corrected chi connectivity index (χ4v) is 5.13. The van der Waals surface area contributed by atoms with Gasteiger partial charge in [-0.1, -0.05) is 0 Å². The molecule has 31 heavy (non-hydrogen) atoms. The van der Waals surface area contributed by atoms with E-state index in [1.165, 1.54) is 18.2 Å². The Balaban J connectivity index is 0.00000272. The molecule has 1 aliphatic heterocycles. The molecular formula is C22H31ClF2N2O4. The molecule has 0 spiro atoms. The van der Waals surface area contributed by atoms with Crippen LogP contribution >= 0.6 is 12.4 Å². The molecule has 2 fully saturated rings. The van der Waals surface area contributed by atoms with Gasteiger partial charge < -0.3 is 13.9 Å². The Morgan fingerprint density at radius 1 is 1.19 bits per heavy atom. The second-order valence-electron chi connectivity index (χ2n) is 8.62. The van der Waals surface area contributed by atoms with Crippen molar-refractivity contribution >= 4 is 23.5 Å². The molecule has 4 rings (SSSR count). The summed E-state index contributed by atoms with van der Waals surface area (Å²) in [5, 5.41) is 0. The molecule has 1 saturated heterocycles. The predicted octanol–water partition coefficient (Wildman–Crippen LogP) is 4.99. The number of hydrogen-bond donors (Lipinski definition) is 0. The first-order valence-corrected chi connectivity index (χ1v) is 10.9. The molecule has 2 heterocycles. The highest BCUT2D eigenvalue weighted by Crippen LogP contribution is 2.38. The summed E-state index contributed by atoms with van der Waals surface area (Å²) in [5.41, 5.74) is 1.07. The highest BCUT2D eigenvalue weighted by molar-refractivity contribution is 5.85. The zero-order valence-electron chi connectivity index (χ0n) is 18.0. The maximum atomic E-state index is 12.6. The van der Waals surface area contributed by atoms with E-state index in [9.17, 15) is 13.6 Å². The van der Waals surface area contributed by atoms with Gasteiger partial charge in [-0.2, -0.15) is 8.78 Å². The van der Waals surface area contributed by atoms with Crippen LogP contribution in [0, 0.1) is 0 Å². The van der Waals surface area contributed by atoms with Gasteiger partial charge in [-0.25, -0.2) is 4.79 Å². The molecule has 0 atom stereocenters. The Morgan fingerprint density at radius 3 is 2.48 bits per heavy atom. The molecule has 174 valence electrons. The summed E-state index contributed by atoms with van der Waals surface area (Å²) in [5.74, 6) is -0.413. The van der Waals surface area contributed by atoms with Gasteiger partial charge in [0.05, 0.1) is 11.6 Å². The molecule has 1 saturated carbocycles. The van der Waals surface area contributed by atoms with E-state index in [0.29, 0.717) is 17.2 Å². The highest BCUT2D eigenvalue weighted by Gasteiger charge is 2.38. The molecule has 1 aromatic heterocycles. The first-order valence-electron chi connectivity index (χ1n) is 10.9. The summed E-state index contributed by atoms with van der Waals surface area (Å²) in [7, 11) is 0. The largest absolute Gasteiger partial charge is 0.435 e. The van der Waals surface area contributed by atoms with Crippen molar-refractivity contribution in [2.75, 3.05) is 19.7 Å². The van der Waals surface area contributed by atoms with Crippen molar-refractivity contribution in [3.63, 3.8) is 0 Å². The molecule has 9 heteroatoms. The minimum absolute atomic E-state index is 0. The second kappa shape index (κ2) is 9.88. The third-order valence-electron chi connectivity index (χ3n) is 6.81. The lowest BCUT2D eigenvalue weighted by molar-refractivity contribution is -0.0497. The van der Waals surface area contributed by atoms with Crippen LogP contribution in [-0.4, -0.2) is 47.4 Å². The van der Waals surface area contributed by atoms with Crippen molar-refractivity contribution < 1.29 is 22.7 Å². The van der Waals surface area contributed by atoms with Crippen LogP contribution in [0.25, 0.3) is 11.1 Å². The second-order valence-corrected chi connectivity index (χ2v) is 8.62. The number of alkyl halides is 2. The number of benzene rings is 1. The molecule has 0 N–H and O–H groups in total. The van der Waals surface area contributed by atoms with E-state index in [1.807, 2.05) is 6.92 Å². The number of piperidine rings is 1. The topological polar surface area (TPSA) is 56.8 Å². The number of halogens is 3. The maximum absolute atomic E-state index is 12.6. The van der Waals surface area contributed by atoms with Gasteiger partial charge in [0.25, 0.3) is 0 Å². The van der Waals surface area contributed by atoms with Crippen molar-refractivity contribution in [1.29, 1.82) is 0 Å². The molecule has 1 aliphatic carbocycles. The monoisotopic (exact) mass is 460 g/mol. The molecule has 2 aliphatic rings. The van der Waals surface area contributed by atoms with Crippen LogP contribution < -0.4 is 10.5 Å². The third-order valence-corrected chi connectivity index (χ3v) is 6.81. The molecular weight excluding hydrogens is 430 g/mol. The number of ether oxygens (including phenoxy) is 2. The van der Waals surface area contributed by atoms with Crippen LogP contribution in [0.2, 0.25) is 0 Å². The van der Waals surface area contributed by atoms with Crippen LogP contribution in [0.3, 0.4) is 0 Å². The van der Waals surface area contributed by atoms with E-state index in [-0.39, 0.29) is 29.7 Å². The highest BCUT2D eigenvalue weighted by atomic mass is 35.5. The van der Waals surface area contributed by atoms with Crippen LogP contribution in [0.4, 0.5) is 8.78 Å². The zero-order chi connectivity index (χ0) is 21.3. The number of aromatic nitrogens is 1. The van der Waals surface area contributed by atoms with E-state index in [1.54, 1.807) is 4.57 Å². The summed E-state index contributed by atoms with van der Waals surface area (Å²) in [6, 6.07) is 4.36. The Morgan fingerprint density at radius 2 is 1.87 bits per heavy atom. The van der Waals surface area contributed by atoms with Gasteiger partial charge in [0, 0.05) is 37.3 Å². The Kier molecular flexibility index (Phi) is 7.65. The SMILES string of the molecule is CCOC1CCC(C)(N2CCC(n3c(=O)oc4ccc(OC(F)F)cc43)CC2)CC1.Cl. The minimum Gasteiger partial charge on any atom is -0.435 e. The summed E-state index contributed by atoms with van der Waals surface area (Å²) in [6.07, 6.45) is 6.42. The van der Waals surface area contributed by atoms with E-state index >= 15 is 0 Å². The van der Waals surface area contributed by atoms with E-state index < -0.39 is 12.4 Å². The molecule has 0 amide bonds. The number of rotatable bonds is 6. The number of fused-ring (bicyclic) bond motifs is 1. The normalized spacial score (nSPS) is 25.6. The molecule has 2 aromatic rings. The van der Waals surface area contributed by atoms with Crippen molar-refractivity contribution in [1.82, 2.24) is 9.47 Å². The predicted molar refractivity (Wildman–Crippen MR) is 116 cm³/mol. The van der Waals surface area contributed by atoms with Gasteiger partial charge in [-0.3, -0.25) is 9.47 Å². The van der Waals surface area contributed by atoms with Crippen LogP contribution in [-0.2, 0) is 4.74 Å². The average molecular weight is 461 g/mol. The quantitative estimate of drug-likeness (QED) is 0.607. The smallest absolute Gasteiger partial charge is 0.420 e. The van der Waals surface area contributed by atoms with Crippen molar-refractivity contribution in [2.24, 2.45) is 0 Å². The summed E-state index contributed by atoms with van der Waals surface area (Å²) in [4.78, 5) is 15.0. The van der Waals surface area contributed by atoms with Gasteiger partial charge >= 0.3 is 12.4 Å². The van der Waals surface area contributed by atoms with Gasteiger partial charge in [-0.15, -0.1) is 12.4 Å². The van der Waals surface area contributed by atoms with Gasteiger partial charge in [-0.05, 0) is 64.5 Å². The Hall–Kier alpha value is -1.64. The van der Waals surface area contributed by atoms with Crippen molar-refractivity contribution in [3.8, 4) is 5.75 Å². The first kappa shape index (κ1) is 24.0. The number of hydrogen-bond acceptors (Lipinski definition) is 5. The van der Waals surface area contributed by atoms with E-state index in [4.69, 9.17) is 9.15 Å². The van der Waals surface area contributed by atoms with Crippen LogP contribution in [0.1, 0.15) is 58.4 Å². The Labute approximate surface area is 186 Å². The van der Waals surface area contributed by atoms with Crippen molar-refractivity contribution in [3.05, 3.63) is 28.7 Å². The van der Waals surface area contributed by atoms with Crippen molar-refractivity contribution in [2.45, 2.75) is 76.7 Å².